The number of hydrogen-bond donors (Lipinski definition) is 3. The van der Waals surface area contributed by atoms with Crippen LogP contribution in [-0.4, -0.2) is 45.8 Å². The van der Waals surface area contributed by atoms with Crippen LogP contribution >= 0.6 is 0 Å². The molecular weight excluding hydrogens is 314 g/mol. The first-order chi connectivity index (χ1) is 12.1. The zero-order chi connectivity index (χ0) is 17.4. The van der Waals surface area contributed by atoms with E-state index in [1.165, 1.54) is 0 Å². The van der Waals surface area contributed by atoms with Crippen LogP contribution in [0.2, 0.25) is 0 Å². The minimum absolute atomic E-state index is 0.381. The Bertz CT molecular complexity index is 902. The molecule has 0 saturated carbocycles. The number of aryl methyl sites for hydroxylation is 1. The first-order valence-electron chi connectivity index (χ1n) is 8.64. The molecule has 3 N–H and O–H groups in total. The number of anilines is 3. The molecule has 4 rings (SSSR count). The average molecular weight is 337 g/mol. The average Bonchev–Trinajstić information content (AvgIpc) is 3.07. The van der Waals surface area contributed by atoms with Gasteiger partial charge < -0.3 is 15.5 Å². The lowest BCUT2D eigenvalue weighted by atomic mass is 10.2. The predicted molar refractivity (Wildman–Crippen MR) is 101 cm³/mol. The van der Waals surface area contributed by atoms with Crippen LogP contribution in [0, 0.1) is 13.8 Å². The molecule has 1 atom stereocenters. The summed E-state index contributed by atoms with van der Waals surface area (Å²) in [7, 11) is 0. The van der Waals surface area contributed by atoms with Gasteiger partial charge in [-0.15, -0.1) is 0 Å². The molecular formula is C18H23N7. The van der Waals surface area contributed by atoms with Gasteiger partial charge >= 0.3 is 0 Å². The highest BCUT2D eigenvalue weighted by Gasteiger charge is 2.22. The highest BCUT2D eigenvalue weighted by Crippen LogP contribution is 2.26. The molecule has 2 aromatic heterocycles. The maximum atomic E-state index is 4.82. The van der Waals surface area contributed by atoms with Gasteiger partial charge in [0.1, 0.15) is 5.82 Å². The summed E-state index contributed by atoms with van der Waals surface area (Å²) in [5.41, 5.74) is 4.09. The van der Waals surface area contributed by atoms with Gasteiger partial charge in [-0.3, -0.25) is 5.10 Å². The molecule has 3 aromatic rings. The van der Waals surface area contributed by atoms with Crippen molar-refractivity contribution in [1.82, 2.24) is 25.5 Å². The Morgan fingerprint density at radius 1 is 1.24 bits per heavy atom. The Labute approximate surface area is 146 Å². The molecule has 1 unspecified atom stereocenters. The lowest BCUT2D eigenvalue weighted by Gasteiger charge is -2.34. The minimum Gasteiger partial charge on any atom is -0.340 e. The number of hydrogen-bond acceptors (Lipinski definition) is 6. The van der Waals surface area contributed by atoms with Gasteiger partial charge in [-0.2, -0.15) is 10.1 Å². The summed E-state index contributed by atoms with van der Waals surface area (Å²) in [6.07, 6.45) is 1.83. The number of aromatic amines is 1. The van der Waals surface area contributed by atoms with E-state index in [2.05, 4.69) is 45.6 Å². The molecule has 25 heavy (non-hydrogen) atoms. The molecule has 0 spiro atoms. The van der Waals surface area contributed by atoms with E-state index in [9.17, 15) is 0 Å². The Morgan fingerprint density at radius 3 is 2.96 bits per heavy atom. The lowest BCUT2D eigenvalue weighted by molar-refractivity contribution is 0.492. The number of nitrogens with zero attached hydrogens (tertiary/aromatic N) is 4. The molecule has 7 nitrogen and oxygen atoms in total. The third-order valence-corrected chi connectivity index (χ3v) is 4.84. The van der Waals surface area contributed by atoms with Gasteiger partial charge in [-0.25, -0.2) is 4.98 Å². The molecule has 3 heterocycles. The van der Waals surface area contributed by atoms with Crippen LogP contribution in [0.3, 0.4) is 0 Å². The van der Waals surface area contributed by atoms with Crippen molar-refractivity contribution >= 4 is 28.4 Å². The second-order valence-electron chi connectivity index (χ2n) is 6.63. The summed E-state index contributed by atoms with van der Waals surface area (Å²) in [5, 5.41) is 15.0. The van der Waals surface area contributed by atoms with Crippen molar-refractivity contribution in [3.05, 3.63) is 35.7 Å². The fourth-order valence-electron chi connectivity index (χ4n) is 3.16. The number of nitrogens with one attached hydrogen (secondary N) is 3. The number of benzene rings is 1. The number of rotatable bonds is 3. The normalized spacial score (nSPS) is 17.9. The monoisotopic (exact) mass is 337 g/mol. The van der Waals surface area contributed by atoms with E-state index in [1.807, 2.05) is 25.3 Å². The first kappa shape index (κ1) is 15.8. The van der Waals surface area contributed by atoms with Crippen molar-refractivity contribution in [2.24, 2.45) is 0 Å². The van der Waals surface area contributed by atoms with Crippen LogP contribution in [0.5, 0.6) is 0 Å². The van der Waals surface area contributed by atoms with E-state index < -0.39 is 0 Å². The fourth-order valence-corrected chi connectivity index (χ4v) is 3.16. The Morgan fingerprint density at radius 2 is 2.12 bits per heavy atom. The molecule has 0 aliphatic carbocycles. The molecule has 1 saturated heterocycles. The van der Waals surface area contributed by atoms with Gasteiger partial charge in [-0.05, 0) is 39.0 Å². The van der Waals surface area contributed by atoms with Crippen molar-refractivity contribution < 1.29 is 0 Å². The molecule has 7 heteroatoms. The van der Waals surface area contributed by atoms with E-state index >= 15 is 0 Å². The maximum absolute atomic E-state index is 4.82. The van der Waals surface area contributed by atoms with Gasteiger partial charge in [-0.1, -0.05) is 0 Å². The SMILES string of the molecule is Cc1nc(N2CCNCC2C)nc(Nc2ccc3[nH]ncc3c2)c1C. The van der Waals surface area contributed by atoms with Gasteiger partial charge in [0.25, 0.3) is 0 Å². The van der Waals surface area contributed by atoms with E-state index in [1.54, 1.807) is 0 Å². The molecule has 1 fully saturated rings. The number of piperazine rings is 1. The smallest absolute Gasteiger partial charge is 0.227 e. The zero-order valence-electron chi connectivity index (χ0n) is 14.8. The van der Waals surface area contributed by atoms with Gasteiger partial charge in [0.15, 0.2) is 0 Å². The Balaban J connectivity index is 1.68. The molecule has 1 aliphatic rings. The predicted octanol–water partition coefficient (Wildman–Crippen LogP) is 2.51. The van der Waals surface area contributed by atoms with Crippen LogP contribution in [0.1, 0.15) is 18.2 Å². The minimum atomic E-state index is 0.381. The third kappa shape index (κ3) is 3.02. The number of H-pyrrole nitrogens is 1. The van der Waals surface area contributed by atoms with Crippen LogP contribution in [0.4, 0.5) is 17.5 Å². The quantitative estimate of drug-likeness (QED) is 0.681. The highest BCUT2D eigenvalue weighted by molar-refractivity contribution is 5.82. The van der Waals surface area contributed by atoms with Crippen molar-refractivity contribution in [3.63, 3.8) is 0 Å². The molecule has 1 aromatic carbocycles. The van der Waals surface area contributed by atoms with Crippen LogP contribution in [-0.2, 0) is 0 Å². The Hall–Kier alpha value is -2.67. The van der Waals surface area contributed by atoms with Crippen molar-refractivity contribution in [3.8, 4) is 0 Å². The first-order valence-corrected chi connectivity index (χ1v) is 8.64. The lowest BCUT2D eigenvalue weighted by Crippen LogP contribution is -2.50. The summed E-state index contributed by atoms with van der Waals surface area (Å²) in [5.74, 6) is 1.65. The van der Waals surface area contributed by atoms with Crippen molar-refractivity contribution in [2.75, 3.05) is 29.9 Å². The molecule has 0 amide bonds. The van der Waals surface area contributed by atoms with Crippen molar-refractivity contribution in [2.45, 2.75) is 26.8 Å². The third-order valence-electron chi connectivity index (χ3n) is 4.84. The standard InChI is InChI=1S/C18H23N7/c1-11-9-19-6-7-25(11)18-21-13(3)12(2)17(23-18)22-15-4-5-16-14(8-15)10-20-24-16/h4-5,8,10-11,19H,6-7,9H2,1-3H3,(H,20,24)(H,21,22,23). The molecule has 130 valence electrons. The zero-order valence-corrected chi connectivity index (χ0v) is 14.8. The topological polar surface area (TPSA) is 81.8 Å². The molecule has 1 aliphatic heterocycles. The van der Waals surface area contributed by atoms with Gasteiger partial charge in [0.2, 0.25) is 5.95 Å². The summed E-state index contributed by atoms with van der Waals surface area (Å²) in [4.78, 5) is 11.8. The summed E-state index contributed by atoms with van der Waals surface area (Å²) in [6.45, 7) is 9.13. The van der Waals surface area contributed by atoms with E-state index in [-0.39, 0.29) is 0 Å². The van der Waals surface area contributed by atoms with E-state index in [4.69, 9.17) is 9.97 Å². The summed E-state index contributed by atoms with van der Waals surface area (Å²) >= 11 is 0. The van der Waals surface area contributed by atoms with Crippen LogP contribution in [0.25, 0.3) is 10.9 Å². The highest BCUT2D eigenvalue weighted by atomic mass is 15.3. The van der Waals surface area contributed by atoms with E-state index in [0.717, 1.165) is 59.2 Å². The molecule has 0 radical (unpaired) electrons. The summed E-state index contributed by atoms with van der Waals surface area (Å²) < 4.78 is 0. The largest absolute Gasteiger partial charge is 0.340 e. The van der Waals surface area contributed by atoms with Crippen LogP contribution < -0.4 is 15.5 Å². The second kappa shape index (κ2) is 6.33. The number of fused-ring (bicyclic) bond motifs is 1. The second-order valence-corrected chi connectivity index (χ2v) is 6.63. The Kier molecular flexibility index (Phi) is 4.01. The van der Waals surface area contributed by atoms with E-state index in [0.29, 0.717) is 6.04 Å². The van der Waals surface area contributed by atoms with Crippen LogP contribution in [0.15, 0.2) is 24.4 Å². The van der Waals surface area contributed by atoms with Gasteiger partial charge in [0.05, 0.1) is 11.7 Å². The molecule has 0 bridgehead atoms. The fraction of sp³-hybridized carbons (Fsp3) is 0.389. The summed E-state index contributed by atoms with van der Waals surface area (Å²) in [6, 6.07) is 6.51. The number of aromatic nitrogens is 4. The van der Waals surface area contributed by atoms with Crippen molar-refractivity contribution in [1.29, 1.82) is 0 Å². The van der Waals surface area contributed by atoms with Gasteiger partial charge in [0, 0.05) is 48.0 Å². The maximum Gasteiger partial charge on any atom is 0.227 e.